The Morgan fingerprint density at radius 3 is 2.37 bits per heavy atom. The molecular weight excluding hydrogens is 234 g/mol. The van der Waals surface area contributed by atoms with Crippen LogP contribution in [0.25, 0.3) is 0 Å². The highest BCUT2D eigenvalue weighted by molar-refractivity contribution is 5.30. The molecule has 0 aromatic heterocycles. The molecule has 0 amide bonds. The Labute approximate surface area is 117 Å². The summed E-state index contributed by atoms with van der Waals surface area (Å²) in [7, 11) is 0. The van der Waals surface area contributed by atoms with Crippen LogP contribution in [-0.4, -0.2) is 24.0 Å². The zero-order valence-electron chi connectivity index (χ0n) is 12.3. The van der Waals surface area contributed by atoms with Crippen LogP contribution in [-0.2, 0) is 5.54 Å². The topological polar surface area (TPSA) is 53.0 Å². The van der Waals surface area contributed by atoms with E-state index in [2.05, 4.69) is 31.7 Å². The van der Waals surface area contributed by atoms with Crippen molar-refractivity contribution in [3.63, 3.8) is 0 Å². The molecule has 0 radical (unpaired) electrons. The third kappa shape index (κ3) is 4.34. The molecule has 1 aromatic rings. The van der Waals surface area contributed by atoms with Crippen LogP contribution in [0, 0.1) is 11.3 Å². The molecule has 0 aliphatic carbocycles. The first-order valence-corrected chi connectivity index (χ1v) is 7.03. The molecule has 1 aromatic carbocycles. The van der Waals surface area contributed by atoms with Crippen molar-refractivity contribution in [1.29, 1.82) is 5.26 Å². The third-order valence-corrected chi connectivity index (χ3v) is 3.52. The van der Waals surface area contributed by atoms with E-state index in [0.717, 1.165) is 25.1 Å². The van der Waals surface area contributed by atoms with Gasteiger partial charge in [0.15, 0.2) is 0 Å². The van der Waals surface area contributed by atoms with Crippen molar-refractivity contribution in [2.45, 2.75) is 45.2 Å². The summed E-state index contributed by atoms with van der Waals surface area (Å²) in [6.07, 6.45) is 1.78. The molecule has 3 heteroatoms. The van der Waals surface area contributed by atoms with E-state index in [-0.39, 0.29) is 0 Å². The summed E-state index contributed by atoms with van der Waals surface area (Å²) in [5.74, 6) is 0. The molecule has 0 aliphatic heterocycles. The fourth-order valence-corrected chi connectivity index (χ4v) is 2.24. The maximum absolute atomic E-state index is 9.43. The zero-order chi connectivity index (χ0) is 14.3. The number of hydrogen-bond donors (Lipinski definition) is 1. The lowest BCUT2D eigenvalue weighted by atomic mass is 9.89. The Balaban J connectivity index is 2.75. The van der Waals surface area contributed by atoms with E-state index in [1.165, 1.54) is 0 Å². The second kappa shape index (κ2) is 7.28. The van der Waals surface area contributed by atoms with E-state index in [1.54, 1.807) is 0 Å². The first kappa shape index (κ1) is 15.7. The lowest BCUT2D eigenvalue weighted by molar-refractivity contribution is 0.206. The van der Waals surface area contributed by atoms with Crippen LogP contribution < -0.4 is 5.73 Å². The molecule has 1 unspecified atom stereocenters. The average Bonchev–Trinajstić information content (AvgIpc) is 2.43. The number of nitriles is 1. The van der Waals surface area contributed by atoms with Crippen LogP contribution in [0.15, 0.2) is 30.3 Å². The maximum atomic E-state index is 9.43. The van der Waals surface area contributed by atoms with Gasteiger partial charge in [-0.3, -0.25) is 0 Å². The lowest BCUT2D eigenvalue weighted by Crippen LogP contribution is -2.41. The summed E-state index contributed by atoms with van der Waals surface area (Å²) in [5.41, 5.74) is 6.29. The first-order chi connectivity index (χ1) is 9.03. The molecule has 1 atom stereocenters. The first-order valence-electron chi connectivity index (χ1n) is 7.03. The summed E-state index contributed by atoms with van der Waals surface area (Å²) >= 11 is 0. The SMILES string of the molecule is CCCN(CCC(N)(C#N)c1ccccc1)C(C)C. The van der Waals surface area contributed by atoms with Crippen molar-refractivity contribution < 1.29 is 0 Å². The molecule has 0 saturated carbocycles. The highest BCUT2D eigenvalue weighted by atomic mass is 15.1. The van der Waals surface area contributed by atoms with Gasteiger partial charge in [-0.15, -0.1) is 0 Å². The van der Waals surface area contributed by atoms with Gasteiger partial charge in [-0.2, -0.15) is 5.26 Å². The summed E-state index contributed by atoms with van der Waals surface area (Å²) in [6.45, 7) is 8.44. The van der Waals surface area contributed by atoms with E-state index in [1.807, 2.05) is 30.3 Å². The van der Waals surface area contributed by atoms with Crippen molar-refractivity contribution in [2.75, 3.05) is 13.1 Å². The maximum Gasteiger partial charge on any atom is 0.131 e. The minimum absolute atomic E-state index is 0.485. The van der Waals surface area contributed by atoms with E-state index >= 15 is 0 Å². The monoisotopic (exact) mass is 259 g/mol. The molecule has 1 rings (SSSR count). The van der Waals surface area contributed by atoms with E-state index in [4.69, 9.17) is 5.73 Å². The van der Waals surface area contributed by atoms with Crippen molar-refractivity contribution >= 4 is 0 Å². The molecule has 2 N–H and O–H groups in total. The van der Waals surface area contributed by atoms with E-state index < -0.39 is 5.54 Å². The molecule has 3 nitrogen and oxygen atoms in total. The van der Waals surface area contributed by atoms with Crippen molar-refractivity contribution in [1.82, 2.24) is 4.90 Å². The smallest absolute Gasteiger partial charge is 0.131 e. The number of benzene rings is 1. The molecule has 0 spiro atoms. The number of hydrogen-bond acceptors (Lipinski definition) is 3. The molecule has 0 saturated heterocycles. The molecule has 0 fully saturated rings. The van der Waals surface area contributed by atoms with Crippen LogP contribution in [0.4, 0.5) is 0 Å². The van der Waals surface area contributed by atoms with Gasteiger partial charge in [-0.05, 0) is 38.8 Å². The van der Waals surface area contributed by atoms with Gasteiger partial charge in [0.2, 0.25) is 0 Å². The highest BCUT2D eigenvalue weighted by Gasteiger charge is 2.27. The quantitative estimate of drug-likeness (QED) is 0.819. The molecule has 0 bridgehead atoms. The summed E-state index contributed by atoms with van der Waals surface area (Å²) < 4.78 is 0. The van der Waals surface area contributed by atoms with Crippen LogP contribution in [0.1, 0.15) is 39.2 Å². The predicted octanol–water partition coefficient (Wildman–Crippen LogP) is 2.87. The third-order valence-electron chi connectivity index (χ3n) is 3.52. The van der Waals surface area contributed by atoms with Gasteiger partial charge >= 0.3 is 0 Å². The molecule has 104 valence electrons. The molecule has 19 heavy (non-hydrogen) atoms. The number of nitrogens with two attached hydrogens (primary N) is 1. The van der Waals surface area contributed by atoms with Gasteiger partial charge < -0.3 is 10.6 Å². The van der Waals surface area contributed by atoms with Crippen LogP contribution in [0.2, 0.25) is 0 Å². The van der Waals surface area contributed by atoms with Crippen LogP contribution in [0.5, 0.6) is 0 Å². The van der Waals surface area contributed by atoms with Crippen molar-refractivity contribution in [2.24, 2.45) is 5.73 Å². The minimum Gasteiger partial charge on any atom is -0.310 e. The second-order valence-electron chi connectivity index (χ2n) is 5.33. The second-order valence-corrected chi connectivity index (χ2v) is 5.33. The average molecular weight is 259 g/mol. The standard InChI is InChI=1S/C16H25N3/c1-4-11-19(14(2)3)12-10-16(18,13-17)15-8-6-5-7-9-15/h5-9,14H,4,10-12,18H2,1-3H3. The van der Waals surface area contributed by atoms with Crippen LogP contribution in [0.3, 0.4) is 0 Å². The zero-order valence-corrected chi connectivity index (χ0v) is 12.3. The molecular formula is C16H25N3. The lowest BCUT2D eigenvalue weighted by Gasteiger charge is -2.30. The van der Waals surface area contributed by atoms with Gasteiger partial charge in [-0.1, -0.05) is 37.3 Å². The Kier molecular flexibility index (Phi) is 6.01. The summed E-state index contributed by atoms with van der Waals surface area (Å²) in [5, 5.41) is 9.43. The molecule has 0 aliphatic rings. The normalized spacial score (nSPS) is 14.4. The Morgan fingerprint density at radius 1 is 1.26 bits per heavy atom. The van der Waals surface area contributed by atoms with Crippen molar-refractivity contribution in [3.8, 4) is 6.07 Å². The molecule has 0 heterocycles. The van der Waals surface area contributed by atoms with Gasteiger partial charge in [0.05, 0.1) is 6.07 Å². The largest absolute Gasteiger partial charge is 0.310 e. The Hall–Kier alpha value is -1.37. The Morgan fingerprint density at radius 2 is 1.89 bits per heavy atom. The van der Waals surface area contributed by atoms with E-state index in [0.29, 0.717) is 12.5 Å². The van der Waals surface area contributed by atoms with Crippen LogP contribution >= 0.6 is 0 Å². The fraction of sp³-hybridized carbons (Fsp3) is 0.562. The minimum atomic E-state index is -0.887. The number of rotatable bonds is 7. The van der Waals surface area contributed by atoms with Gasteiger partial charge in [0.1, 0.15) is 5.54 Å². The highest BCUT2D eigenvalue weighted by Crippen LogP contribution is 2.22. The van der Waals surface area contributed by atoms with Gasteiger partial charge in [-0.25, -0.2) is 0 Å². The van der Waals surface area contributed by atoms with Gasteiger partial charge in [0, 0.05) is 12.6 Å². The predicted molar refractivity (Wildman–Crippen MR) is 79.5 cm³/mol. The van der Waals surface area contributed by atoms with E-state index in [9.17, 15) is 5.26 Å². The summed E-state index contributed by atoms with van der Waals surface area (Å²) in [4.78, 5) is 2.38. The number of nitrogens with zero attached hydrogens (tertiary/aromatic N) is 2. The fourth-order valence-electron chi connectivity index (χ4n) is 2.24. The van der Waals surface area contributed by atoms with Crippen molar-refractivity contribution in [3.05, 3.63) is 35.9 Å². The Bertz CT molecular complexity index is 408. The summed E-state index contributed by atoms with van der Waals surface area (Å²) in [6, 6.07) is 12.4. The van der Waals surface area contributed by atoms with Gasteiger partial charge in [0.25, 0.3) is 0 Å².